The molecule has 1 aromatic heterocycles. The molecule has 0 saturated carbocycles. The van der Waals surface area contributed by atoms with E-state index in [1.54, 1.807) is 6.07 Å². The Hall–Kier alpha value is -1.77. The van der Waals surface area contributed by atoms with Gasteiger partial charge in [0, 0.05) is 10.9 Å². The molecule has 1 aromatic carbocycles. The van der Waals surface area contributed by atoms with Crippen molar-refractivity contribution < 1.29 is 4.74 Å². The third-order valence-electron chi connectivity index (χ3n) is 2.29. The molecule has 1 N–H and O–H groups in total. The van der Waals surface area contributed by atoms with Crippen LogP contribution in [0.3, 0.4) is 0 Å². The van der Waals surface area contributed by atoms with Crippen LogP contribution in [0.15, 0.2) is 29.1 Å². The maximum atomic E-state index is 11.4. The Balaban J connectivity index is 2.87. The third-order valence-corrected chi connectivity index (χ3v) is 2.29. The second kappa shape index (κ2) is 3.18. The largest absolute Gasteiger partial charge is 0.491 e. The first-order valence-electron chi connectivity index (χ1n) is 4.39. The number of rotatable bonds is 1. The second-order valence-corrected chi connectivity index (χ2v) is 3.20. The molecule has 14 heavy (non-hydrogen) atoms. The second-order valence-electron chi connectivity index (χ2n) is 3.20. The van der Waals surface area contributed by atoms with Gasteiger partial charge in [-0.3, -0.25) is 4.79 Å². The van der Waals surface area contributed by atoms with Gasteiger partial charge in [-0.25, -0.2) is 0 Å². The predicted octanol–water partition coefficient (Wildman–Crippen LogP) is 1.85. The molecule has 0 aliphatic heterocycles. The molecule has 1 heterocycles. The smallest absolute Gasteiger partial charge is 0.290 e. The van der Waals surface area contributed by atoms with Gasteiger partial charge in [-0.1, -0.05) is 12.1 Å². The highest BCUT2D eigenvalue weighted by Gasteiger charge is 2.03. The number of methoxy groups -OCH3 is 1. The highest BCUT2D eigenvalue weighted by Crippen LogP contribution is 2.17. The number of hydrogen-bond acceptors (Lipinski definition) is 2. The Morgan fingerprint density at radius 2 is 2.14 bits per heavy atom. The van der Waals surface area contributed by atoms with Crippen molar-refractivity contribution in [1.29, 1.82) is 0 Å². The molecule has 0 aliphatic carbocycles. The van der Waals surface area contributed by atoms with Gasteiger partial charge < -0.3 is 9.72 Å². The van der Waals surface area contributed by atoms with Crippen molar-refractivity contribution in [1.82, 2.24) is 4.98 Å². The van der Waals surface area contributed by atoms with Gasteiger partial charge in [0.2, 0.25) is 0 Å². The Labute approximate surface area is 81.3 Å². The summed E-state index contributed by atoms with van der Waals surface area (Å²) >= 11 is 0. The van der Waals surface area contributed by atoms with E-state index in [1.807, 2.05) is 25.1 Å². The standard InChI is InChI=1S/C11H11NO2/c1-7-4-3-5-9-8(7)6-10(14-2)11(13)12-9/h3-6H,1-2H3,(H,12,13). The molecule has 3 heteroatoms. The summed E-state index contributed by atoms with van der Waals surface area (Å²) in [4.78, 5) is 14.2. The van der Waals surface area contributed by atoms with Crippen LogP contribution in [0, 0.1) is 6.92 Å². The van der Waals surface area contributed by atoms with Crippen LogP contribution in [0.5, 0.6) is 5.75 Å². The molecule has 0 spiro atoms. The molecule has 0 atom stereocenters. The monoisotopic (exact) mass is 189 g/mol. The van der Waals surface area contributed by atoms with E-state index in [2.05, 4.69) is 4.98 Å². The van der Waals surface area contributed by atoms with Crippen LogP contribution in [0.2, 0.25) is 0 Å². The first kappa shape index (κ1) is 8.81. The van der Waals surface area contributed by atoms with Crippen molar-refractivity contribution in [3.05, 3.63) is 40.2 Å². The maximum absolute atomic E-state index is 11.4. The molecule has 0 bridgehead atoms. The normalized spacial score (nSPS) is 10.4. The van der Waals surface area contributed by atoms with Crippen molar-refractivity contribution in [2.75, 3.05) is 7.11 Å². The molecule has 2 aromatic rings. The van der Waals surface area contributed by atoms with Gasteiger partial charge >= 0.3 is 0 Å². The van der Waals surface area contributed by atoms with Crippen molar-refractivity contribution in [2.45, 2.75) is 6.92 Å². The fourth-order valence-electron chi connectivity index (χ4n) is 1.51. The van der Waals surface area contributed by atoms with Crippen LogP contribution in [0.25, 0.3) is 10.9 Å². The van der Waals surface area contributed by atoms with Crippen molar-refractivity contribution in [2.24, 2.45) is 0 Å². The van der Waals surface area contributed by atoms with E-state index in [0.29, 0.717) is 5.75 Å². The summed E-state index contributed by atoms with van der Waals surface area (Å²) in [6.45, 7) is 2.00. The zero-order chi connectivity index (χ0) is 10.1. The lowest BCUT2D eigenvalue weighted by Gasteiger charge is -2.03. The average molecular weight is 189 g/mol. The Bertz CT molecular complexity index is 528. The van der Waals surface area contributed by atoms with Gasteiger partial charge in [-0.15, -0.1) is 0 Å². The average Bonchev–Trinajstić information content (AvgIpc) is 2.17. The lowest BCUT2D eigenvalue weighted by molar-refractivity contribution is 0.409. The number of aryl methyl sites for hydroxylation is 1. The third kappa shape index (κ3) is 1.27. The number of aromatic nitrogens is 1. The summed E-state index contributed by atoms with van der Waals surface area (Å²) in [5.74, 6) is 0.354. The van der Waals surface area contributed by atoms with Gasteiger partial charge in [-0.2, -0.15) is 0 Å². The summed E-state index contributed by atoms with van der Waals surface area (Å²) in [6, 6.07) is 7.56. The SMILES string of the molecule is COc1cc2c(C)cccc2[nH]c1=O. The Kier molecular flexibility index (Phi) is 2.00. The van der Waals surface area contributed by atoms with Crippen LogP contribution in [0.4, 0.5) is 0 Å². The molecular weight excluding hydrogens is 178 g/mol. The molecule has 72 valence electrons. The summed E-state index contributed by atoms with van der Waals surface area (Å²) < 4.78 is 4.96. The van der Waals surface area contributed by atoms with E-state index >= 15 is 0 Å². The summed E-state index contributed by atoms with van der Waals surface area (Å²) in [5, 5.41) is 1.02. The van der Waals surface area contributed by atoms with Crippen LogP contribution < -0.4 is 10.3 Å². The molecule has 0 fully saturated rings. The molecule has 3 nitrogen and oxygen atoms in total. The van der Waals surface area contributed by atoms with E-state index in [-0.39, 0.29) is 5.56 Å². The van der Waals surface area contributed by atoms with Gasteiger partial charge in [0.25, 0.3) is 5.56 Å². The number of nitrogens with one attached hydrogen (secondary N) is 1. The van der Waals surface area contributed by atoms with E-state index in [4.69, 9.17) is 4.74 Å². The fourth-order valence-corrected chi connectivity index (χ4v) is 1.51. The summed E-state index contributed by atoms with van der Waals surface area (Å²) in [5.41, 5.74) is 1.78. The topological polar surface area (TPSA) is 42.1 Å². The zero-order valence-corrected chi connectivity index (χ0v) is 8.13. The minimum Gasteiger partial charge on any atom is -0.491 e. The number of hydrogen-bond donors (Lipinski definition) is 1. The van der Waals surface area contributed by atoms with Gasteiger partial charge in [0.1, 0.15) is 0 Å². The maximum Gasteiger partial charge on any atom is 0.290 e. The van der Waals surface area contributed by atoms with Gasteiger partial charge in [0.15, 0.2) is 5.75 Å². The zero-order valence-electron chi connectivity index (χ0n) is 8.13. The minimum atomic E-state index is -0.189. The Morgan fingerprint density at radius 1 is 1.36 bits per heavy atom. The van der Waals surface area contributed by atoms with E-state index < -0.39 is 0 Å². The quantitative estimate of drug-likeness (QED) is 0.743. The van der Waals surface area contributed by atoms with Crippen molar-refractivity contribution in [3.63, 3.8) is 0 Å². The number of ether oxygens (including phenoxy) is 1. The molecule has 0 radical (unpaired) electrons. The van der Waals surface area contributed by atoms with E-state index in [0.717, 1.165) is 16.5 Å². The highest BCUT2D eigenvalue weighted by molar-refractivity contribution is 5.82. The lowest BCUT2D eigenvalue weighted by atomic mass is 10.1. The van der Waals surface area contributed by atoms with Crippen molar-refractivity contribution in [3.8, 4) is 5.75 Å². The summed E-state index contributed by atoms with van der Waals surface area (Å²) in [7, 11) is 1.49. The van der Waals surface area contributed by atoms with Crippen LogP contribution in [-0.2, 0) is 0 Å². The molecule has 0 unspecified atom stereocenters. The highest BCUT2D eigenvalue weighted by atomic mass is 16.5. The first-order valence-corrected chi connectivity index (χ1v) is 4.39. The summed E-state index contributed by atoms with van der Waals surface area (Å²) in [6.07, 6.45) is 0. The lowest BCUT2D eigenvalue weighted by Crippen LogP contribution is -2.08. The molecule has 0 saturated heterocycles. The number of benzene rings is 1. The van der Waals surface area contributed by atoms with Crippen LogP contribution >= 0.6 is 0 Å². The number of fused-ring (bicyclic) bond motifs is 1. The molecular formula is C11H11NO2. The first-order chi connectivity index (χ1) is 6.72. The number of H-pyrrole nitrogens is 1. The molecule has 0 aliphatic rings. The minimum absolute atomic E-state index is 0.189. The van der Waals surface area contributed by atoms with E-state index in [1.165, 1.54) is 7.11 Å². The van der Waals surface area contributed by atoms with Crippen LogP contribution in [0.1, 0.15) is 5.56 Å². The molecule has 0 amide bonds. The van der Waals surface area contributed by atoms with E-state index in [9.17, 15) is 4.79 Å². The number of aromatic amines is 1. The molecule has 2 rings (SSSR count). The van der Waals surface area contributed by atoms with Gasteiger partial charge in [-0.05, 0) is 24.6 Å². The van der Waals surface area contributed by atoms with Crippen molar-refractivity contribution >= 4 is 10.9 Å². The van der Waals surface area contributed by atoms with Gasteiger partial charge in [0.05, 0.1) is 7.11 Å². The fraction of sp³-hybridized carbons (Fsp3) is 0.182. The predicted molar refractivity (Wildman–Crippen MR) is 55.9 cm³/mol. The van der Waals surface area contributed by atoms with Crippen LogP contribution in [-0.4, -0.2) is 12.1 Å². The number of pyridine rings is 1. The Morgan fingerprint density at radius 3 is 2.86 bits per heavy atom.